The van der Waals surface area contributed by atoms with E-state index in [2.05, 4.69) is 20.6 Å². The van der Waals surface area contributed by atoms with E-state index in [0.29, 0.717) is 31.7 Å². The van der Waals surface area contributed by atoms with Crippen molar-refractivity contribution in [2.75, 3.05) is 18.0 Å². The van der Waals surface area contributed by atoms with E-state index in [1.165, 1.54) is 6.07 Å². The molecule has 31 heavy (non-hydrogen) atoms. The number of anilines is 1. The molecule has 0 bridgehead atoms. The van der Waals surface area contributed by atoms with Crippen molar-refractivity contribution in [3.05, 3.63) is 53.3 Å². The number of aryl methyl sites for hydroxylation is 1. The van der Waals surface area contributed by atoms with Crippen molar-refractivity contribution in [2.45, 2.75) is 38.9 Å². The zero-order chi connectivity index (χ0) is 22.2. The van der Waals surface area contributed by atoms with Gasteiger partial charge >= 0.3 is 6.18 Å². The molecule has 1 aliphatic rings. The maximum Gasteiger partial charge on any atom is 0.453 e. The molecule has 1 unspecified atom stereocenters. The van der Waals surface area contributed by atoms with Gasteiger partial charge in [0.05, 0.1) is 6.04 Å². The summed E-state index contributed by atoms with van der Waals surface area (Å²) in [5.74, 6) is -0.891. The zero-order valence-electron chi connectivity index (χ0n) is 17.2. The second-order valence-corrected chi connectivity index (χ2v) is 7.83. The van der Waals surface area contributed by atoms with E-state index in [-0.39, 0.29) is 23.5 Å². The molecule has 1 aliphatic heterocycles. The molecule has 3 aromatic rings. The van der Waals surface area contributed by atoms with Crippen LogP contribution in [0.25, 0.3) is 5.65 Å². The Morgan fingerprint density at radius 3 is 2.52 bits per heavy atom. The lowest BCUT2D eigenvalue weighted by Gasteiger charge is -2.32. The average molecular weight is 432 g/mol. The number of benzene rings is 1. The van der Waals surface area contributed by atoms with Crippen LogP contribution in [0.15, 0.2) is 36.4 Å². The number of halogens is 3. The highest BCUT2D eigenvalue weighted by atomic mass is 19.4. The fourth-order valence-electron chi connectivity index (χ4n) is 3.98. The third kappa shape index (κ3) is 4.33. The van der Waals surface area contributed by atoms with Gasteiger partial charge in [-0.05, 0) is 49.9 Å². The second-order valence-electron chi connectivity index (χ2n) is 7.83. The standard InChI is InChI=1S/C21H23F3N6O/c1-13-5-3-4-6-16(13)14(2)25-19(31)15-9-11-29(12-10-15)18-8-7-17-26-27-20(21(22,23)24)30(17)28-18/h3-8,14-15H,9-12H2,1-2H3,(H,25,31). The lowest BCUT2D eigenvalue weighted by Crippen LogP contribution is -2.41. The Labute approximate surface area is 177 Å². The number of rotatable bonds is 4. The van der Waals surface area contributed by atoms with E-state index >= 15 is 0 Å². The average Bonchev–Trinajstić information content (AvgIpc) is 3.18. The van der Waals surface area contributed by atoms with Gasteiger partial charge in [0.1, 0.15) is 5.82 Å². The van der Waals surface area contributed by atoms with Crippen LogP contribution < -0.4 is 10.2 Å². The third-order valence-electron chi connectivity index (χ3n) is 5.71. The van der Waals surface area contributed by atoms with Gasteiger partial charge < -0.3 is 10.2 Å². The highest BCUT2D eigenvalue weighted by Gasteiger charge is 2.38. The minimum Gasteiger partial charge on any atom is -0.355 e. The first-order chi connectivity index (χ1) is 14.7. The van der Waals surface area contributed by atoms with E-state index in [1.807, 2.05) is 43.0 Å². The molecule has 1 fully saturated rings. The van der Waals surface area contributed by atoms with Gasteiger partial charge in [0.2, 0.25) is 5.91 Å². The molecule has 164 valence electrons. The van der Waals surface area contributed by atoms with Gasteiger partial charge in [0.15, 0.2) is 5.65 Å². The summed E-state index contributed by atoms with van der Waals surface area (Å²) in [6.07, 6.45) is -3.44. The second kappa shape index (κ2) is 8.16. The number of alkyl halides is 3. The molecular weight excluding hydrogens is 409 g/mol. The number of fused-ring (bicyclic) bond motifs is 1. The van der Waals surface area contributed by atoms with Crippen molar-refractivity contribution in [3.63, 3.8) is 0 Å². The largest absolute Gasteiger partial charge is 0.453 e. The van der Waals surface area contributed by atoms with Gasteiger partial charge in [-0.15, -0.1) is 15.3 Å². The van der Waals surface area contributed by atoms with Crippen LogP contribution in [-0.2, 0) is 11.0 Å². The van der Waals surface area contributed by atoms with Crippen molar-refractivity contribution in [2.24, 2.45) is 5.92 Å². The third-order valence-corrected chi connectivity index (χ3v) is 5.71. The van der Waals surface area contributed by atoms with Gasteiger partial charge in [-0.2, -0.15) is 17.7 Å². The summed E-state index contributed by atoms with van der Waals surface area (Å²) in [5.41, 5.74) is 2.24. The SMILES string of the molecule is Cc1ccccc1C(C)NC(=O)C1CCN(c2ccc3nnc(C(F)(F)F)n3n2)CC1. The summed E-state index contributed by atoms with van der Waals surface area (Å²) >= 11 is 0. The number of nitrogens with zero attached hydrogens (tertiary/aromatic N) is 5. The smallest absolute Gasteiger partial charge is 0.355 e. The highest BCUT2D eigenvalue weighted by molar-refractivity contribution is 5.79. The van der Waals surface area contributed by atoms with Crippen LogP contribution in [-0.4, -0.2) is 38.8 Å². The lowest BCUT2D eigenvalue weighted by molar-refractivity contribution is -0.146. The van der Waals surface area contributed by atoms with Crippen LogP contribution in [0, 0.1) is 12.8 Å². The summed E-state index contributed by atoms with van der Waals surface area (Å²) in [6.45, 7) is 5.03. The first-order valence-corrected chi connectivity index (χ1v) is 10.1. The lowest BCUT2D eigenvalue weighted by atomic mass is 9.94. The molecule has 0 radical (unpaired) electrons. The Morgan fingerprint density at radius 1 is 1.13 bits per heavy atom. The number of carbonyl (C=O) groups excluding carboxylic acids is 1. The van der Waals surface area contributed by atoms with Crippen molar-refractivity contribution < 1.29 is 18.0 Å². The molecule has 0 aliphatic carbocycles. The molecule has 1 N–H and O–H groups in total. The minimum atomic E-state index is -4.63. The fraction of sp³-hybridized carbons (Fsp3) is 0.429. The molecule has 7 nitrogen and oxygen atoms in total. The van der Waals surface area contributed by atoms with Crippen LogP contribution in [0.5, 0.6) is 0 Å². The highest BCUT2D eigenvalue weighted by Crippen LogP contribution is 2.29. The summed E-state index contributed by atoms with van der Waals surface area (Å²) in [7, 11) is 0. The Hall–Kier alpha value is -3.17. The molecule has 10 heteroatoms. The topological polar surface area (TPSA) is 75.4 Å². The van der Waals surface area contributed by atoms with Gasteiger partial charge in [0.25, 0.3) is 5.82 Å². The number of nitrogens with one attached hydrogen (secondary N) is 1. The summed E-state index contributed by atoms with van der Waals surface area (Å²) < 4.78 is 40.0. The first kappa shape index (κ1) is 21.1. The Balaban J connectivity index is 1.40. The van der Waals surface area contributed by atoms with Gasteiger partial charge in [-0.25, -0.2) is 0 Å². The Kier molecular flexibility index (Phi) is 5.55. The maximum atomic E-state index is 13.1. The number of amides is 1. The van der Waals surface area contributed by atoms with Crippen molar-refractivity contribution in [1.82, 2.24) is 25.1 Å². The van der Waals surface area contributed by atoms with E-state index in [9.17, 15) is 18.0 Å². The van der Waals surface area contributed by atoms with Gasteiger partial charge in [-0.3, -0.25) is 4.79 Å². The van der Waals surface area contributed by atoms with Crippen LogP contribution >= 0.6 is 0 Å². The molecular formula is C21H23F3N6O. The maximum absolute atomic E-state index is 13.1. The monoisotopic (exact) mass is 432 g/mol. The molecule has 3 heterocycles. The minimum absolute atomic E-state index is 0.00279. The van der Waals surface area contributed by atoms with E-state index in [0.717, 1.165) is 15.6 Å². The van der Waals surface area contributed by atoms with E-state index in [4.69, 9.17) is 0 Å². The van der Waals surface area contributed by atoms with Crippen molar-refractivity contribution in [3.8, 4) is 0 Å². The molecule has 0 spiro atoms. The number of hydrogen-bond donors (Lipinski definition) is 1. The molecule has 1 aromatic carbocycles. The quantitative estimate of drug-likeness (QED) is 0.683. The normalized spacial score (nSPS) is 16.5. The first-order valence-electron chi connectivity index (χ1n) is 10.1. The molecule has 2 aromatic heterocycles. The zero-order valence-corrected chi connectivity index (χ0v) is 17.2. The van der Waals surface area contributed by atoms with Gasteiger partial charge in [-0.1, -0.05) is 24.3 Å². The Bertz CT molecular complexity index is 1090. The molecule has 1 atom stereocenters. The predicted octanol–water partition coefficient (Wildman–Crippen LogP) is 3.55. The van der Waals surface area contributed by atoms with Crippen molar-refractivity contribution in [1.29, 1.82) is 0 Å². The molecule has 4 rings (SSSR count). The molecule has 0 saturated carbocycles. The van der Waals surface area contributed by atoms with Crippen LogP contribution in [0.4, 0.5) is 19.0 Å². The fourth-order valence-corrected chi connectivity index (χ4v) is 3.98. The van der Waals surface area contributed by atoms with Crippen LogP contribution in [0.2, 0.25) is 0 Å². The van der Waals surface area contributed by atoms with E-state index in [1.54, 1.807) is 6.07 Å². The summed E-state index contributed by atoms with van der Waals surface area (Å²) in [5, 5.41) is 13.9. The molecule has 1 amide bonds. The van der Waals surface area contributed by atoms with E-state index < -0.39 is 12.0 Å². The van der Waals surface area contributed by atoms with Gasteiger partial charge in [0, 0.05) is 19.0 Å². The summed E-state index contributed by atoms with van der Waals surface area (Å²) in [4.78, 5) is 14.6. The predicted molar refractivity (Wildman–Crippen MR) is 108 cm³/mol. The molecule has 1 saturated heterocycles. The number of carbonyl (C=O) groups is 1. The summed E-state index contributed by atoms with van der Waals surface area (Å²) in [6, 6.07) is 10.9. The number of piperidine rings is 1. The van der Waals surface area contributed by atoms with Crippen LogP contribution in [0.1, 0.15) is 42.8 Å². The van der Waals surface area contributed by atoms with Crippen LogP contribution in [0.3, 0.4) is 0 Å². The Morgan fingerprint density at radius 2 is 1.84 bits per heavy atom. The number of aromatic nitrogens is 4. The number of hydrogen-bond acceptors (Lipinski definition) is 5. The van der Waals surface area contributed by atoms with Crippen molar-refractivity contribution >= 4 is 17.4 Å².